The van der Waals surface area contributed by atoms with E-state index in [2.05, 4.69) is 22.4 Å². The van der Waals surface area contributed by atoms with Gasteiger partial charge in [0.2, 0.25) is 9.47 Å². The second-order valence-electron chi connectivity index (χ2n) is 2.70. The molecule has 1 rings (SSSR count). The van der Waals surface area contributed by atoms with E-state index in [1.54, 1.807) is 0 Å². The molecule has 0 spiro atoms. The van der Waals surface area contributed by atoms with Crippen LogP contribution in [0.15, 0.2) is 4.34 Å². The van der Waals surface area contributed by atoms with Gasteiger partial charge >= 0.3 is 0 Å². The van der Waals surface area contributed by atoms with Crippen molar-refractivity contribution in [3.8, 4) is 0 Å². The van der Waals surface area contributed by atoms with Gasteiger partial charge < -0.3 is 5.32 Å². The molecule has 0 saturated heterocycles. The number of rotatable bonds is 5. The summed E-state index contributed by atoms with van der Waals surface area (Å²) in [5, 5.41) is 15.4. The monoisotopic (exact) mass is 236 g/mol. The number of hydrogen-bond acceptors (Lipinski definition) is 6. The highest BCUT2D eigenvalue weighted by Crippen LogP contribution is 2.18. The lowest BCUT2D eigenvalue weighted by atomic mass is 10.3. The van der Waals surface area contributed by atoms with E-state index in [4.69, 9.17) is 5.14 Å². The molecular formula is C6H12N4O2S2. The smallest absolute Gasteiger partial charge is 0.267 e. The van der Waals surface area contributed by atoms with Crippen LogP contribution >= 0.6 is 11.3 Å². The second-order valence-corrected chi connectivity index (χ2v) is 5.41. The van der Waals surface area contributed by atoms with E-state index in [1.807, 2.05) is 0 Å². The van der Waals surface area contributed by atoms with Crippen molar-refractivity contribution in [3.05, 3.63) is 0 Å². The first-order valence-electron chi connectivity index (χ1n) is 4.14. The van der Waals surface area contributed by atoms with Gasteiger partial charge in [-0.3, -0.25) is 0 Å². The lowest BCUT2D eigenvalue weighted by Gasteiger charge is -1.97. The lowest BCUT2D eigenvalue weighted by molar-refractivity contribution is 0.596. The minimum atomic E-state index is -3.71. The topological polar surface area (TPSA) is 98.0 Å². The first-order chi connectivity index (χ1) is 6.54. The number of nitrogens with zero attached hydrogens (tertiary/aromatic N) is 2. The maximum absolute atomic E-state index is 10.8. The summed E-state index contributed by atoms with van der Waals surface area (Å²) >= 11 is 0.944. The molecule has 0 atom stereocenters. The third kappa shape index (κ3) is 3.20. The highest BCUT2D eigenvalue weighted by Gasteiger charge is 2.14. The predicted molar refractivity (Wildman–Crippen MR) is 54.7 cm³/mol. The molecule has 1 aromatic rings. The number of sulfonamides is 1. The molecule has 0 aliphatic heterocycles. The summed E-state index contributed by atoms with van der Waals surface area (Å²) in [6, 6.07) is 0. The van der Waals surface area contributed by atoms with Crippen molar-refractivity contribution in [1.29, 1.82) is 0 Å². The molecule has 6 nitrogen and oxygen atoms in total. The van der Waals surface area contributed by atoms with Crippen LogP contribution in [0.4, 0.5) is 5.13 Å². The van der Waals surface area contributed by atoms with Crippen LogP contribution in [0.1, 0.15) is 19.8 Å². The molecule has 0 aromatic carbocycles. The van der Waals surface area contributed by atoms with E-state index in [1.165, 1.54) is 0 Å². The summed E-state index contributed by atoms with van der Waals surface area (Å²) in [5.41, 5.74) is 0. The zero-order chi connectivity index (χ0) is 10.6. The SMILES string of the molecule is CCCCNc1nnc(S(N)(=O)=O)s1. The fourth-order valence-electron chi connectivity index (χ4n) is 0.768. The van der Waals surface area contributed by atoms with Crippen molar-refractivity contribution < 1.29 is 8.42 Å². The summed E-state index contributed by atoms with van der Waals surface area (Å²) < 4.78 is 21.5. The van der Waals surface area contributed by atoms with Gasteiger partial charge in [-0.05, 0) is 6.42 Å². The Labute approximate surface area is 86.6 Å². The fourth-order valence-corrected chi connectivity index (χ4v) is 2.13. The van der Waals surface area contributed by atoms with Gasteiger partial charge in [-0.2, -0.15) is 0 Å². The minimum absolute atomic E-state index is 0.156. The number of hydrogen-bond donors (Lipinski definition) is 2. The van der Waals surface area contributed by atoms with Gasteiger partial charge in [0.25, 0.3) is 10.0 Å². The molecule has 0 saturated carbocycles. The molecule has 0 unspecified atom stereocenters. The zero-order valence-electron chi connectivity index (χ0n) is 7.73. The predicted octanol–water partition coefficient (Wildman–Crippen LogP) is 0.397. The minimum Gasteiger partial charge on any atom is -0.360 e. The van der Waals surface area contributed by atoms with Gasteiger partial charge in [0, 0.05) is 6.54 Å². The number of primary sulfonamides is 1. The maximum atomic E-state index is 10.8. The van der Waals surface area contributed by atoms with Crippen LogP contribution in [0.25, 0.3) is 0 Å². The van der Waals surface area contributed by atoms with E-state index in [9.17, 15) is 8.42 Å². The van der Waals surface area contributed by atoms with Gasteiger partial charge in [0.05, 0.1) is 0 Å². The van der Waals surface area contributed by atoms with Crippen molar-refractivity contribution in [3.63, 3.8) is 0 Å². The second kappa shape index (κ2) is 4.67. The van der Waals surface area contributed by atoms with Crippen LogP contribution in [-0.4, -0.2) is 25.2 Å². The third-order valence-electron chi connectivity index (χ3n) is 1.46. The standard InChI is InChI=1S/C6H12N4O2S2/c1-2-3-4-8-5-9-10-6(13-5)14(7,11)12/h2-4H2,1H3,(H,8,9)(H2,7,11,12). The van der Waals surface area contributed by atoms with Crippen LogP contribution in [0.5, 0.6) is 0 Å². The molecule has 0 bridgehead atoms. The van der Waals surface area contributed by atoms with E-state index in [0.29, 0.717) is 5.13 Å². The summed E-state index contributed by atoms with van der Waals surface area (Å²) in [6.07, 6.45) is 2.07. The van der Waals surface area contributed by atoms with Crippen LogP contribution < -0.4 is 10.5 Å². The van der Waals surface area contributed by atoms with E-state index >= 15 is 0 Å². The number of unbranched alkanes of at least 4 members (excludes halogenated alkanes) is 1. The number of anilines is 1. The highest BCUT2D eigenvalue weighted by atomic mass is 32.2. The van der Waals surface area contributed by atoms with E-state index in [0.717, 1.165) is 30.7 Å². The van der Waals surface area contributed by atoms with Gasteiger partial charge in [-0.1, -0.05) is 24.7 Å². The summed E-state index contributed by atoms with van der Waals surface area (Å²) in [7, 11) is -3.71. The molecule has 0 radical (unpaired) electrons. The molecule has 3 N–H and O–H groups in total. The van der Waals surface area contributed by atoms with Crippen molar-refractivity contribution in [2.75, 3.05) is 11.9 Å². The van der Waals surface area contributed by atoms with Crippen molar-refractivity contribution >= 4 is 26.5 Å². The molecule has 1 heterocycles. The normalized spacial score (nSPS) is 11.6. The summed E-state index contributed by atoms with van der Waals surface area (Å²) in [6.45, 7) is 2.83. The number of nitrogens with one attached hydrogen (secondary N) is 1. The molecule has 0 aliphatic rings. The van der Waals surface area contributed by atoms with Crippen molar-refractivity contribution in [2.45, 2.75) is 24.1 Å². The van der Waals surface area contributed by atoms with Crippen molar-refractivity contribution in [1.82, 2.24) is 10.2 Å². The lowest BCUT2D eigenvalue weighted by Crippen LogP contribution is -2.11. The molecule has 0 fully saturated rings. The quantitative estimate of drug-likeness (QED) is 0.721. The van der Waals surface area contributed by atoms with Crippen LogP contribution in [0.2, 0.25) is 0 Å². The van der Waals surface area contributed by atoms with E-state index in [-0.39, 0.29) is 4.34 Å². The number of nitrogens with two attached hydrogens (primary N) is 1. The first kappa shape index (κ1) is 11.3. The summed E-state index contributed by atoms with van der Waals surface area (Å²) in [5.74, 6) is 0. The van der Waals surface area contributed by atoms with Gasteiger partial charge in [0.1, 0.15) is 0 Å². The van der Waals surface area contributed by atoms with Gasteiger partial charge in [-0.25, -0.2) is 13.6 Å². The Hall–Kier alpha value is -0.730. The average Bonchev–Trinajstić information content (AvgIpc) is 2.52. The Balaban J connectivity index is 2.60. The molecule has 80 valence electrons. The van der Waals surface area contributed by atoms with Gasteiger partial charge in [-0.15, -0.1) is 10.2 Å². The molecule has 0 amide bonds. The van der Waals surface area contributed by atoms with Crippen LogP contribution in [0, 0.1) is 0 Å². The Kier molecular flexibility index (Phi) is 3.78. The Morgan fingerprint density at radius 1 is 1.50 bits per heavy atom. The Morgan fingerprint density at radius 2 is 2.21 bits per heavy atom. The number of aromatic nitrogens is 2. The molecule has 8 heteroatoms. The molecule has 1 aromatic heterocycles. The third-order valence-corrected chi connectivity index (χ3v) is 3.65. The molecular weight excluding hydrogens is 224 g/mol. The van der Waals surface area contributed by atoms with Gasteiger partial charge in [0.15, 0.2) is 0 Å². The highest BCUT2D eigenvalue weighted by molar-refractivity contribution is 7.91. The molecule has 14 heavy (non-hydrogen) atoms. The average molecular weight is 236 g/mol. The van der Waals surface area contributed by atoms with Crippen LogP contribution in [0.3, 0.4) is 0 Å². The maximum Gasteiger partial charge on any atom is 0.267 e. The summed E-state index contributed by atoms with van der Waals surface area (Å²) in [4.78, 5) is 0. The largest absolute Gasteiger partial charge is 0.360 e. The Bertz CT molecular complexity index is 386. The van der Waals surface area contributed by atoms with E-state index < -0.39 is 10.0 Å². The molecule has 0 aliphatic carbocycles. The Morgan fingerprint density at radius 3 is 2.71 bits per heavy atom. The van der Waals surface area contributed by atoms with Crippen molar-refractivity contribution in [2.24, 2.45) is 5.14 Å². The zero-order valence-corrected chi connectivity index (χ0v) is 9.36. The van der Waals surface area contributed by atoms with Crippen LogP contribution in [-0.2, 0) is 10.0 Å². The first-order valence-corrected chi connectivity index (χ1v) is 6.50. The fraction of sp³-hybridized carbons (Fsp3) is 0.667.